The summed E-state index contributed by atoms with van der Waals surface area (Å²) in [6.07, 6.45) is 0. The number of H-pyrrole nitrogens is 1. The first kappa shape index (κ1) is 12.7. The first-order chi connectivity index (χ1) is 9.69. The molecule has 0 fully saturated rings. The van der Waals surface area contributed by atoms with Crippen LogP contribution in [-0.2, 0) is 0 Å². The molecule has 104 valence electrons. The average molecular weight is 271 g/mol. The summed E-state index contributed by atoms with van der Waals surface area (Å²) in [7, 11) is 5.00. The van der Waals surface area contributed by atoms with E-state index in [0.29, 0.717) is 0 Å². The molecular formula is C16H17NO3. The molecule has 1 aromatic heterocycles. The van der Waals surface area contributed by atoms with Crippen LogP contribution in [0.2, 0.25) is 0 Å². The van der Waals surface area contributed by atoms with Crippen LogP contribution in [0, 0.1) is 6.92 Å². The van der Waals surface area contributed by atoms with E-state index in [1.54, 1.807) is 21.3 Å². The predicted octanol–water partition coefficient (Wildman–Crippen LogP) is 3.66. The number of nitrogens with one attached hydrogen (secondary N) is 1. The maximum atomic E-state index is 5.51. The van der Waals surface area contributed by atoms with E-state index >= 15 is 0 Å². The molecule has 3 rings (SSSR count). The minimum Gasteiger partial charge on any atom is -0.497 e. The van der Waals surface area contributed by atoms with Gasteiger partial charge in [-0.1, -0.05) is 12.1 Å². The zero-order chi connectivity index (χ0) is 14.3. The molecule has 0 saturated carbocycles. The number of rotatable bonds is 3. The molecule has 0 amide bonds. The van der Waals surface area contributed by atoms with Gasteiger partial charge in [-0.05, 0) is 12.5 Å². The lowest BCUT2D eigenvalue weighted by Crippen LogP contribution is -1.88. The van der Waals surface area contributed by atoms with Gasteiger partial charge in [-0.25, -0.2) is 0 Å². The van der Waals surface area contributed by atoms with Crippen LogP contribution in [0.15, 0.2) is 24.3 Å². The third kappa shape index (κ3) is 1.68. The molecule has 0 aliphatic heterocycles. The normalized spacial score (nSPS) is 11.0. The topological polar surface area (TPSA) is 43.5 Å². The van der Waals surface area contributed by atoms with Crippen LogP contribution in [0.5, 0.6) is 17.2 Å². The molecule has 0 saturated heterocycles. The van der Waals surface area contributed by atoms with Crippen molar-refractivity contribution in [3.05, 3.63) is 29.8 Å². The molecule has 0 atom stereocenters. The number of ether oxygens (including phenoxy) is 3. The number of hydrogen-bond donors (Lipinski definition) is 1. The standard InChI is InChI=1S/C16H17NO3/c1-9-5-6-11-14-12(17-15(11)16(9)20-4)7-10(18-2)8-13(14)19-3/h5-8,17H,1-4H3. The fourth-order valence-electron chi connectivity index (χ4n) is 2.66. The van der Waals surface area contributed by atoms with Crippen LogP contribution < -0.4 is 14.2 Å². The summed E-state index contributed by atoms with van der Waals surface area (Å²) in [5.41, 5.74) is 3.05. The number of aromatic amines is 1. The van der Waals surface area contributed by atoms with Crippen molar-refractivity contribution in [3.8, 4) is 17.2 Å². The molecule has 1 heterocycles. The zero-order valence-electron chi connectivity index (χ0n) is 12.0. The molecule has 4 heteroatoms. The number of methoxy groups -OCH3 is 3. The second-order valence-corrected chi connectivity index (χ2v) is 4.72. The molecule has 0 spiro atoms. The van der Waals surface area contributed by atoms with Crippen LogP contribution in [0.3, 0.4) is 0 Å². The number of aromatic nitrogens is 1. The fourth-order valence-corrected chi connectivity index (χ4v) is 2.66. The van der Waals surface area contributed by atoms with Gasteiger partial charge in [0.05, 0.1) is 32.4 Å². The molecule has 0 bridgehead atoms. The Balaban J connectivity index is 2.47. The molecule has 20 heavy (non-hydrogen) atoms. The summed E-state index contributed by atoms with van der Waals surface area (Å²) in [6, 6.07) is 7.99. The van der Waals surface area contributed by atoms with Crippen LogP contribution in [0.4, 0.5) is 0 Å². The van der Waals surface area contributed by atoms with E-state index in [4.69, 9.17) is 14.2 Å². The first-order valence-corrected chi connectivity index (χ1v) is 6.40. The Morgan fingerprint density at radius 2 is 1.75 bits per heavy atom. The van der Waals surface area contributed by atoms with Gasteiger partial charge in [0.15, 0.2) is 0 Å². The molecule has 3 aromatic rings. The lowest BCUT2D eigenvalue weighted by molar-refractivity contribution is 0.398. The van der Waals surface area contributed by atoms with Crippen molar-refractivity contribution in [1.82, 2.24) is 4.98 Å². The smallest absolute Gasteiger partial charge is 0.145 e. The van der Waals surface area contributed by atoms with Crippen molar-refractivity contribution < 1.29 is 14.2 Å². The molecular weight excluding hydrogens is 254 g/mol. The molecule has 0 aliphatic carbocycles. The molecule has 1 N–H and O–H groups in total. The second-order valence-electron chi connectivity index (χ2n) is 4.72. The van der Waals surface area contributed by atoms with E-state index in [1.165, 1.54) is 0 Å². The highest BCUT2D eigenvalue weighted by molar-refractivity contribution is 6.12. The van der Waals surface area contributed by atoms with E-state index in [1.807, 2.05) is 19.1 Å². The van der Waals surface area contributed by atoms with Gasteiger partial charge in [-0.2, -0.15) is 0 Å². The highest BCUT2D eigenvalue weighted by Gasteiger charge is 2.15. The van der Waals surface area contributed by atoms with Crippen LogP contribution >= 0.6 is 0 Å². The second kappa shape index (κ2) is 4.63. The van der Waals surface area contributed by atoms with E-state index in [2.05, 4.69) is 17.1 Å². The van der Waals surface area contributed by atoms with E-state index in [9.17, 15) is 0 Å². The summed E-state index contributed by atoms with van der Waals surface area (Å²) < 4.78 is 16.3. The summed E-state index contributed by atoms with van der Waals surface area (Å²) in [4.78, 5) is 3.40. The highest BCUT2D eigenvalue weighted by atomic mass is 16.5. The third-order valence-electron chi connectivity index (χ3n) is 3.62. The van der Waals surface area contributed by atoms with Crippen LogP contribution in [0.1, 0.15) is 5.56 Å². The minimum absolute atomic E-state index is 0.761. The molecule has 0 aliphatic rings. The van der Waals surface area contributed by atoms with Crippen LogP contribution in [0.25, 0.3) is 21.8 Å². The fraction of sp³-hybridized carbons (Fsp3) is 0.250. The molecule has 4 nitrogen and oxygen atoms in total. The number of fused-ring (bicyclic) bond motifs is 3. The van der Waals surface area contributed by atoms with Gasteiger partial charge in [0.1, 0.15) is 17.2 Å². The van der Waals surface area contributed by atoms with Gasteiger partial charge in [0.25, 0.3) is 0 Å². The Kier molecular flexibility index (Phi) is 2.93. The van der Waals surface area contributed by atoms with Gasteiger partial charge in [-0.3, -0.25) is 0 Å². The van der Waals surface area contributed by atoms with Gasteiger partial charge < -0.3 is 19.2 Å². The van der Waals surface area contributed by atoms with Crippen molar-refractivity contribution in [2.75, 3.05) is 21.3 Å². The Hall–Kier alpha value is -2.36. The molecule has 2 aromatic carbocycles. The molecule has 0 unspecified atom stereocenters. The Morgan fingerprint density at radius 1 is 0.950 bits per heavy atom. The van der Waals surface area contributed by atoms with E-state index < -0.39 is 0 Å². The largest absolute Gasteiger partial charge is 0.497 e. The molecule has 0 radical (unpaired) electrons. The SMILES string of the molecule is COc1cc(OC)c2c(c1)[nH]c1c(OC)c(C)ccc12. The third-order valence-corrected chi connectivity index (χ3v) is 3.62. The summed E-state index contributed by atoms with van der Waals surface area (Å²) >= 11 is 0. The zero-order valence-corrected chi connectivity index (χ0v) is 12.0. The number of hydrogen-bond acceptors (Lipinski definition) is 3. The lowest BCUT2D eigenvalue weighted by Gasteiger charge is -2.07. The van der Waals surface area contributed by atoms with Crippen molar-refractivity contribution in [2.24, 2.45) is 0 Å². The van der Waals surface area contributed by atoms with Crippen molar-refractivity contribution >= 4 is 21.8 Å². The Bertz CT molecular complexity index is 789. The van der Waals surface area contributed by atoms with Crippen molar-refractivity contribution in [1.29, 1.82) is 0 Å². The monoisotopic (exact) mass is 271 g/mol. The number of aryl methyl sites for hydroxylation is 1. The van der Waals surface area contributed by atoms with Gasteiger partial charge >= 0.3 is 0 Å². The highest BCUT2D eigenvalue weighted by Crippen LogP contribution is 2.40. The predicted molar refractivity (Wildman–Crippen MR) is 80.2 cm³/mol. The Morgan fingerprint density at radius 3 is 2.40 bits per heavy atom. The van der Waals surface area contributed by atoms with Crippen molar-refractivity contribution in [2.45, 2.75) is 6.92 Å². The average Bonchev–Trinajstić information content (AvgIpc) is 2.84. The summed E-state index contributed by atoms with van der Waals surface area (Å²) in [5, 5.41) is 2.13. The minimum atomic E-state index is 0.761. The first-order valence-electron chi connectivity index (χ1n) is 6.40. The lowest BCUT2D eigenvalue weighted by atomic mass is 10.1. The quantitative estimate of drug-likeness (QED) is 0.790. The summed E-state index contributed by atoms with van der Waals surface area (Å²) in [6.45, 7) is 2.03. The maximum Gasteiger partial charge on any atom is 0.145 e. The van der Waals surface area contributed by atoms with Gasteiger partial charge in [0.2, 0.25) is 0 Å². The maximum absolute atomic E-state index is 5.51. The summed E-state index contributed by atoms with van der Waals surface area (Å²) in [5.74, 6) is 2.41. The van der Waals surface area contributed by atoms with Crippen LogP contribution in [-0.4, -0.2) is 26.3 Å². The van der Waals surface area contributed by atoms with Crippen molar-refractivity contribution in [3.63, 3.8) is 0 Å². The van der Waals surface area contributed by atoms with E-state index in [0.717, 1.165) is 44.6 Å². The van der Waals surface area contributed by atoms with Gasteiger partial charge in [-0.15, -0.1) is 0 Å². The Labute approximate surface area is 117 Å². The number of benzene rings is 2. The van der Waals surface area contributed by atoms with Gasteiger partial charge in [0, 0.05) is 22.9 Å². The van der Waals surface area contributed by atoms with E-state index in [-0.39, 0.29) is 0 Å².